The molecule has 138 valence electrons. The van der Waals surface area contributed by atoms with Gasteiger partial charge in [-0.25, -0.2) is 0 Å². The van der Waals surface area contributed by atoms with Gasteiger partial charge in [-0.05, 0) is 36.2 Å². The first-order chi connectivity index (χ1) is 13.0. The quantitative estimate of drug-likeness (QED) is 0.734. The van der Waals surface area contributed by atoms with E-state index in [0.717, 1.165) is 11.1 Å². The van der Waals surface area contributed by atoms with E-state index in [2.05, 4.69) is 10.4 Å². The largest absolute Gasteiger partial charge is 0.494 e. The standard InChI is InChI=1S/C20H18ClN3O3/c1-13-5-3-4-6-16(13)24-18(25)11-17(27-2)19(23-24)20(26)22-12-14-7-9-15(21)10-8-14/h3-11H,12H2,1-2H3,(H,22,26). The van der Waals surface area contributed by atoms with Gasteiger partial charge in [-0.1, -0.05) is 41.9 Å². The first-order valence-corrected chi connectivity index (χ1v) is 8.64. The molecule has 7 heteroatoms. The molecule has 0 unspecified atom stereocenters. The second-order valence-electron chi connectivity index (χ2n) is 5.91. The van der Waals surface area contributed by atoms with Gasteiger partial charge in [0.15, 0.2) is 11.4 Å². The number of rotatable bonds is 5. The predicted molar refractivity (Wildman–Crippen MR) is 104 cm³/mol. The van der Waals surface area contributed by atoms with Crippen molar-refractivity contribution in [3.63, 3.8) is 0 Å². The lowest BCUT2D eigenvalue weighted by Crippen LogP contribution is -2.30. The SMILES string of the molecule is COc1cc(=O)n(-c2ccccc2C)nc1C(=O)NCc1ccc(Cl)cc1. The van der Waals surface area contributed by atoms with Crippen molar-refractivity contribution in [2.24, 2.45) is 0 Å². The van der Waals surface area contributed by atoms with Crippen molar-refractivity contribution in [3.8, 4) is 11.4 Å². The van der Waals surface area contributed by atoms with Gasteiger partial charge in [-0.2, -0.15) is 9.78 Å². The number of aromatic nitrogens is 2. The Morgan fingerprint density at radius 3 is 2.56 bits per heavy atom. The molecule has 0 radical (unpaired) electrons. The summed E-state index contributed by atoms with van der Waals surface area (Å²) >= 11 is 5.87. The van der Waals surface area contributed by atoms with Crippen LogP contribution in [0.15, 0.2) is 59.4 Å². The second-order valence-corrected chi connectivity index (χ2v) is 6.34. The highest BCUT2D eigenvalue weighted by molar-refractivity contribution is 6.30. The van der Waals surface area contributed by atoms with Crippen LogP contribution in [0.1, 0.15) is 21.6 Å². The van der Waals surface area contributed by atoms with E-state index in [1.807, 2.05) is 31.2 Å². The van der Waals surface area contributed by atoms with Crippen LogP contribution in [0, 0.1) is 6.92 Å². The summed E-state index contributed by atoms with van der Waals surface area (Å²) in [5, 5.41) is 7.65. The van der Waals surface area contributed by atoms with Gasteiger partial charge in [-0.15, -0.1) is 0 Å². The number of aryl methyl sites for hydroxylation is 1. The number of carbonyl (C=O) groups excluding carboxylic acids is 1. The maximum absolute atomic E-state index is 12.6. The molecule has 6 nitrogen and oxygen atoms in total. The third kappa shape index (κ3) is 4.17. The summed E-state index contributed by atoms with van der Waals surface area (Å²) in [4.78, 5) is 25.1. The van der Waals surface area contributed by atoms with E-state index in [-0.39, 0.29) is 17.0 Å². The number of nitrogens with zero attached hydrogens (tertiary/aromatic N) is 2. The second kappa shape index (κ2) is 8.05. The monoisotopic (exact) mass is 383 g/mol. The van der Waals surface area contributed by atoms with Gasteiger partial charge in [0.25, 0.3) is 11.5 Å². The predicted octanol–water partition coefficient (Wildman–Crippen LogP) is 3.13. The third-order valence-electron chi connectivity index (χ3n) is 4.04. The minimum absolute atomic E-state index is 0.0364. The topological polar surface area (TPSA) is 73.2 Å². The zero-order valence-electron chi connectivity index (χ0n) is 14.9. The number of methoxy groups -OCH3 is 1. The summed E-state index contributed by atoms with van der Waals surface area (Å²) in [6, 6.07) is 15.7. The number of halogens is 1. The van der Waals surface area contributed by atoms with E-state index >= 15 is 0 Å². The Labute approximate surface area is 161 Å². The smallest absolute Gasteiger partial charge is 0.275 e. The molecule has 1 N–H and O–H groups in total. The van der Waals surface area contributed by atoms with Gasteiger partial charge in [-0.3, -0.25) is 9.59 Å². The van der Waals surface area contributed by atoms with Crippen LogP contribution in [-0.2, 0) is 6.54 Å². The highest BCUT2D eigenvalue weighted by Gasteiger charge is 2.18. The van der Waals surface area contributed by atoms with Gasteiger partial charge < -0.3 is 10.1 Å². The van der Waals surface area contributed by atoms with E-state index in [1.54, 1.807) is 24.3 Å². The molecule has 0 aliphatic heterocycles. The Kier molecular flexibility index (Phi) is 5.57. The number of amides is 1. The Bertz CT molecular complexity index is 1030. The molecular weight excluding hydrogens is 366 g/mol. The number of benzene rings is 2. The van der Waals surface area contributed by atoms with Crippen molar-refractivity contribution in [2.45, 2.75) is 13.5 Å². The maximum Gasteiger partial charge on any atom is 0.275 e. The van der Waals surface area contributed by atoms with Crippen molar-refractivity contribution in [2.75, 3.05) is 7.11 Å². The first kappa shape index (κ1) is 18.7. The third-order valence-corrected chi connectivity index (χ3v) is 4.29. The summed E-state index contributed by atoms with van der Waals surface area (Å²) in [5.74, 6) is -0.317. The van der Waals surface area contributed by atoms with Crippen molar-refractivity contribution in [3.05, 3.63) is 86.8 Å². The van der Waals surface area contributed by atoms with Crippen LogP contribution in [0.3, 0.4) is 0 Å². The van der Waals surface area contributed by atoms with Gasteiger partial charge >= 0.3 is 0 Å². The zero-order valence-corrected chi connectivity index (χ0v) is 15.7. The Morgan fingerprint density at radius 2 is 1.89 bits per heavy atom. The summed E-state index contributed by atoms with van der Waals surface area (Å²) in [6.07, 6.45) is 0. The zero-order chi connectivity index (χ0) is 19.4. The molecule has 2 aromatic carbocycles. The average Bonchev–Trinajstić information content (AvgIpc) is 2.67. The lowest BCUT2D eigenvalue weighted by atomic mass is 10.2. The molecule has 0 aliphatic carbocycles. The number of hydrogen-bond donors (Lipinski definition) is 1. The van der Waals surface area contributed by atoms with E-state index in [0.29, 0.717) is 17.3 Å². The number of carbonyl (C=O) groups is 1. The Balaban J connectivity index is 1.92. The minimum Gasteiger partial charge on any atom is -0.494 e. The number of para-hydroxylation sites is 1. The fourth-order valence-corrected chi connectivity index (χ4v) is 2.72. The fraction of sp³-hybridized carbons (Fsp3) is 0.150. The summed E-state index contributed by atoms with van der Waals surface area (Å²) in [7, 11) is 1.39. The van der Waals surface area contributed by atoms with E-state index < -0.39 is 5.91 Å². The highest BCUT2D eigenvalue weighted by Crippen LogP contribution is 2.16. The molecule has 0 bridgehead atoms. The molecule has 1 amide bonds. The van der Waals surface area contributed by atoms with Gasteiger partial charge in [0.2, 0.25) is 0 Å². The van der Waals surface area contributed by atoms with Crippen molar-refractivity contribution in [1.29, 1.82) is 0 Å². The number of nitrogens with one attached hydrogen (secondary N) is 1. The molecule has 0 saturated carbocycles. The summed E-state index contributed by atoms with van der Waals surface area (Å²) < 4.78 is 6.39. The Hall–Kier alpha value is -3.12. The molecule has 3 aromatic rings. The van der Waals surface area contributed by atoms with Crippen LogP contribution in [0.2, 0.25) is 5.02 Å². The molecule has 3 rings (SSSR count). The van der Waals surface area contributed by atoms with Crippen molar-refractivity contribution < 1.29 is 9.53 Å². The van der Waals surface area contributed by atoms with Crippen LogP contribution < -0.4 is 15.6 Å². The molecule has 1 heterocycles. The molecule has 0 saturated heterocycles. The highest BCUT2D eigenvalue weighted by atomic mass is 35.5. The molecule has 0 fully saturated rings. The molecule has 1 aromatic heterocycles. The molecule has 0 spiro atoms. The normalized spacial score (nSPS) is 10.5. The molecule has 27 heavy (non-hydrogen) atoms. The first-order valence-electron chi connectivity index (χ1n) is 8.26. The average molecular weight is 384 g/mol. The van der Waals surface area contributed by atoms with Crippen LogP contribution >= 0.6 is 11.6 Å². The Morgan fingerprint density at radius 1 is 1.19 bits per heavy atom. The maximum atomic E-state index is 12.6. The van der Waals surface area contributed by atoms with Crippen LogP contribution in [-0.4, -0.2) is 22.8 Å². The van der Waals surface area contributed by atoms with Crippen LogP contribution in [0.25, 0.3) is 5.69 Å². The number of hydrogen-bond acceptors (Lipinski definition) is 4. The van der Waals surface area contributed by atoms with Gasteiger partial charge in [0.1, 0.15) is 0 Å². The molecule has 0 aliphatic rings. The fourth-order valence-electron chi connectivity index (χ4n) is 2.60. The van der Waals surface area contributed by atoms with E-state index in [9.17, 15) is 9.59 Å². The van der Waals surface area contributed by atoms with E-state index in [1.165, 1.54) is 17.9 Å². The lowest BCUT2D eigenvalue weighted by molar-refractivity contribution is 0.0940. The molecular formula is C20H18ClN3O3. The minimum atomic E-state index is -0.441. The van der Waals surface area contributed by atoms with Crippen molar-refractivity contribution in [1.82, 2.24) is 15.1 Å². The van der Waals surface area contributed by atoms with Gasteiger partial charge in [0.05, 0.1) is 18.9 Å². The molecule has 0 atom stereocenters. The number of ether oxygens (including phenoxy) is 1. The van der Waals surface area contributed by atoms with Crippen molar-refractivity contribution >= 4 is 17.5 Å². The summed E-state index contributed by atoms with van der Waals surface area (Å²) in [6.45, 7) is 2.16. The van der Waals surface area contributed by atoms with Gasteiger partial charge in [0, 0.05) is 11.6 Å². The summed E-state index contributed by atoms with van der Waals surface area (Å²) in [5.41, 5.74) is 2.02. The lowest BCUT2D eigenvalue weighted by Gasteiger charge is -2.12. The van der Waals surface area contributed by atoms with Crippen LogP contribution in [0.5, 0.6) is 5.75 Å². The van der Waals surface area contributed by atoms with E-state index in [4.69, 9.17) is 16.3 Å². The van der Waals surface area contributed by atoms with Crippen LogP contribution in [0.4, 0.5) is 0 Å².